The second kappa shape index (κ2) is 7.67. The number of nitriles is 1. The van der Waals surface area contributed by atoms with Crippen LogP contribution in [0.1, 0.15) is 44.9 Å². The Balaban J connectivity index is 2.68. The van der Waals surface area contributed by atoms with Crippen molar-refractivity contribution in [3.8, 4) is 6.07 Å². The molecule has 0 saturated heterocycles. The molecule has 2 atom stereocenters. The molecule has 0 aliphatic rings. The minimum atomic E-state index is -4.39. The Kier molecular flexibility index (Phi) is 6.38. The number of carbonyl (C=O) groups is 1. The number of hydrogen-bond acceptors (Lipinski definition) is 2. The predicted molar refractivity (Wildman–Crippen MR) is 83.7 cm³/mol. The van der Waals surface area contributed by atoms with Crippen molar-refractivity contribution < 1.29 is 23.3 Å². The second-order valence-corrected chi connectivity index (χ2v) is 6.37. The van der Waals surface area contributed by atoms with Crippen LogP contribution in [0.25, 0.3) is 0 Å². The highest BCUT2D eigenvalue weighted by atomic mass is 19.4. The highest BCUT2D eigenvalue weighted by molar-refractivity contribution is 5.78. The number of amides is 1. The Morgan fingerprint density at radius 1 is 1.33 bits per heavy atom. The van der Waals surface area contributed by atoms with Gasteiger partial charge in [0.25, 0.3) is 5.91 Å². The van der Waals surface area contributed by atoms with Crippen LogP contribution < -0.4 is 10.6 Å². The zero-order chi connectivity index (χ0) is 18.5. The lowest BCUT2D eigenvalue weighted by molar-refractivity contribution is -0.682. The van der Waals surface area contributed by atoms with E-state index in [1.165, 1.54) is 6.07 Å². The van der Waals surface area contributed by atoms with E-state index < -0.39 is 17.3 Å². The first-order valence-corrected chi connectivity index (χ1v) is 7.72. The molecule has 0 heterocycles. The van der Waals surface area contributed by atoms with Crippen molar-refractivity contribution in [1.29, 1.82) is 5.26 Å². The maximum absolute atomic E-state index is 12.7. The van der Waals surface area contributed by atoms with Crippen LogP contribution >= 0.6 is 0 Å². The van der Waals surface area contributed by atoms with Gasteiger partial charge in [-0.1, -0.05) is 26.0 Å². The van der Waals surface area contributed by atoms with E-state index in [2.05, 4.69) is 11.4 Å². The SMILES string of the molecule is CC(C)[C@@](C)(C#N)NC(=O)C[NH2+][C@@H](C)c1cccc(C(F)(F)F)c1. The van der Waals surface area contributed by atoms with Crippen molar-refractivity contribution >= 4 is 5.91 Å². The molecule has 0 radical (unpaired) electrons. The molecule has 24 heavy (non-hydrogen) atoms. The fourth-order valence-corrected chi connectivity index (χ4v) is 2.06. The number of benzene rings is 1. The van der Waals surface area contributed by atoms with Gasteiger partial charge in [-0.05, 0) is 31.9 Å². The molecule has 0 fully saturated rings. The summed E-state index contributed by atoms with van der Waals surface area (Å²) in [6, 6.07) is 6.83. The smallest absolute Gasteiger partial charge is 0.333 e. The summed E-state index contributed by atoms with van der Waals surface area (Å²) in [5, 5.41) is 13.5. The molecule has 0 saturated carbocycles. The monoisotopic (exact) mass is 342 g/mol. The summed E-state index contributed by atoms with van der Waals surface area (Å²) < 4.78 is 38.2. The van der Waals surface area contributed by atoms with Gasteiger partial charge in [0, 0.05) is 5.56 Å². The number of carbonyl (C=O) groups excluding carboxylic acids is 1. The van der Waals surface area contributed by atoms with E-state index in [9.17, 15) is 23.2 Å². The van der Waals surface area contributed by atoms with Gasteiger partial charge in [-0.25, -0.2) is 0 Å². The van der Waals surface area contributed by atoms with Gasteiger partial charge < -0.3 is 10.6 Å². The third-order valence-electron chi connectivity index (χ3n) is 4.18. The highest BCUT2D eigenvalue weighted by Gasteiger charge is 2.32. The van der Waals surface area contributed by atoms with Crippen molar-refractivity contribution in [2.75, 3.05) is 6.54 Å². The third-order valence-corrected chi connectivity index (χ3v) is 4.18. The Morgan fingerprint density at radius 2 is 1.96 bits per heavy atom. The number of nitrogens with two attached hydrogens (primary N) is 1. The van der Waals surface area contributed by atoms with Crippen LogP contribution in [0.15, 0.2) is 24.3 Å². The zero-order valence-electron chi connectivity index (χ0n) is 14.2. The van der Waals surface area contributed by atoms with Crippen molar-refractivity contribution in [1.82, 2.24) is 5.32 Å². The molecule has 0 spiro atoms. The first-order chi connectivity index (χ1) is 11.0. The van der Waals surface area contributed by atoms with Crippen LogP contribution in [0.2, 0.25) is 0 Å². The summed E-state index contributed by atoms with van der Waals surface area (Å²) in [6.07, 6.45) is -4.39. The fourth-order valence-electron chi connectivity index (χ4n) is 2.06. The summed E-state index contributed by atoms with van der Waals surface area (Å²) >= 11 is 0. The lowest BCUT2D eigenvalue weighted by atomic mass is 9.90. The lowest BCUT2D eigenvalue weighted by Crippen LogP contribution is -2.87. The molecule has 3 N–H and O–H groups in total. The minimum Gasteiger partial charge on any atom is -0.333 e. The van der Waals surface area contributed by atoms with Gasteiger partial charge in [0.05, 0.1) is 11.6 Å². The van der Waals surface area contributed by atoms with Gasteiger partial charge >= 0.3 is 6.18 Å². The Morgan fingerprint density at radius 3 is 2.46 bits per heavy atom. The maximum atomic E-state index is 12.7. The van der Waals surface area contributed by atoms with Crippen LogP contribution in [0, 0.1) is 17.2 Å². The average Bonchev–Trinajstić information content (AvgIpc) is 2.51. The topological polar surface area (TPSA) is 69.5 Å². The second-order valence-electron chi connectivity index (χ2n) is 6.37. The van der Waals surface area contributed by atoms with Gasteiger partial charge in [-0.2, -0.15) is 18.4 Å². The number of nitrogens with zero attached hydrogens (tertiary/aromatic N) is 1. The molecule has 0 bridgehead atoms. The molecule has 1 aromatic rings. The standard InChI is InChI=1S/C17H22F3N3O/c1-11(2)16(4,10-21)23-15(24)9-22-12(3)13-6-5-7-14(8-13)17(18,19)20/h5-8,11-12,22H,9H2,1-4H3,(H,23,24)/p+1/t12-,16+/m0/s1. The zero-order valence-corrected chi connectivity index (χ0v) is 14.2. The van der Waals surface area contributed by atoms with E-state index >= 15 is 0 Å². The fraction of sp³-hybridized carbons (Fsp3) is 0.529. The van der Waals surface area contributed by atoms with Gasteiger partial charge in [-0.3, -0.25) is 4.79 Å². The lowest BCUT2D eigenvalue weighted by Gasteiger charge is -2.27. The summed E-state index contributed by atoms with van der Waals surface area (Å²) in [5.74, 6) is -0.390. The molecular formula is C17H23F3N3O+. The number of quaternary nitrogens is 1. The van der Waals surface area contributed by atoms with Gasteiger partial charge in [0.15, 0.2) is 6.54 Å². The molecule has 4 nitrogen and oxygen atoms in total. The number of alkyl halides is 3. The van der Waals surface area contributed by atoms with Crippen LogP contribution in [-0.2, 0) is 11.0 Å². The first-order valence-electron chi connectivity index (χ1n) is 7.72. The van der Waals surface area contributed by atoms with Crippen LogP contribution in [-0.4, -0.2) is 18.0 Å². The van der Waals surface area contributed by atoms with Crippen molar-refractivity contribution in [2.45, 2.75) is 45.5 Å². The normalized spacial score (nSPS) is 15.5. The quantitative estimate of drug-likeness (QED) is 0.833. The van der Waals surface area contributed by atoms with Crippen LogP contribution in [0.4, 0.5) is 13.2 Å². The summed E-state index contributed by atoms with van der Waals surface area (Å²) in [7, 11) is 0. The Hall–Kier alpha value is -2.07. The number of hydrogen-bond donors (Lipinski definition) is 2. The number of nitrogens with one attached hydrogen (secondary N) is 1. The number of rotatable bonds is 6. The summed E-state index contributed by atoms with van der Waals surface area (Å²) in [4.78, 5) is 12.0. The number of halogens is 3. The molecule has 0 aliphatic heterocycles. The maximum Gasteiger partial charge on any atom is 0.416 e. The van der Waals surface area contributed by atoms with Gasteiger partial charge in [0.1, 0.15) is 11.6 Å². The van der Waals surface area contributed by atoms with Crippen molar-refractivity contribution in [3.05, 3.63) is 35.4 Å². The van der Waals surface area contributed by atoms with Gasteiger partial charge in [-0.15, -0.1) is 0 Å². The molecule has 1 rings (SSSR count). The highest BCUT2D eigenvalue weighted by Crippen LogP contribution is 2.30. The predicted octanol–water partition coefficient (Wildman–Crippen LogP) is 2.38. The molecule has 7 heteroatoms. The third kappa shape index (κ3) is 5.24. The molecule has 0 aromatic heterocycles. The van der Waals surface area contributed by atoms with Crippen LogP contribution in [0.3, 0.4) is 0 Å². The first kappa shape index (κ1) is 20.0. The molecular weight excluding hydrogens is 319 g/mol. The molecule has 1 aromatic carbocycles. The van der Waals surface area contributed by atoms with Crippen LogP contribution in [0.5, 0.6) is 0 Å². The summed E-state index contributed by atoms with van der Waals surface area (Å²) in [5.41, 5.74) is -1.18. The van der Waals surface area contributed by atoms with E-state index in [1.807, 2.05) is 13.8 Å². The molecule has 1 amide bonds. The van der Waals surface area contributed by atoms with Gasteiger partial charge in [0.2, 0.25) is 0 Å². The minimum absolute atomic E-state index is 0.0292. The van der Waals surface area contributed by atoms with E-state index in [-0.39, 0.29) is 24.4 Å². The summed E-state index contributed by atoms with van der Waals surface area (Å²) in [6.45, 7) is 7.07. The molecule has 0 unspecified atom stereocenters. The van der Waals surface area contributed by atoms with E-state index in [4.69, 9.17) is 0 Å². The largest absolute Gasteiger partial charge is 0.416 e. The average molecular weight is 342 g/mol. The molecule has 0 aliphatic carbocycles. The van der Waals surface area contributed by atoms with Crippen molar-refractivity contribution in [2.24, 2.45) is 5.92 Å². The van der Waals surface area contributed by atoms with Crippen molar-refractivity contribution in [3.63, 3.8) is 0 Å². The van der Waals surface area contributed by atoms with E-state index in [0.717, 1.165) is 12.1 Å². The molecule has 132 valence electrons. The van der Waals surface area contributed by atoms with E-state index in [0.29, 0.717) is 5.56 Å². The van der Waals surface area contributed by atoms with E-state index in [1.54, 1.807) is 25.2 Å². The Labute approximate surface area is 140 Å². The Bertz CT molecular complexity index is 622.